The molecule has 142 valence electrons. The molecule has 1 saturated heterocycles. The Labute approximate surface area is 153 Å². The van der Waals surface area contributed by atoms with Gasteiger partial charge in [0.05, 0.1) is 11.5 Å². The molecule has 1 aliphatic rings. The highest BCUT2D eigenvalue weighted by Gasteiger charge is 2.31. The number of hydrogen-bond donors (Lipinski definition) is 1. The zero-order chi connectivity index (χ0) is 19.2. The van der Waals surface area contributed by atoms with Crippen molar-refractivity contribution in [1.29, 1.82) is 0 Å². The molecular weight excluding hydrogens is 379 g/mol. The molecule has 2 aromatic carbocycles. The second-order valence-corrected chi connectivity index (χ2v) is 8.91. The average molecular weight is 395 g/mol. The molecule has 1 unspecified atom stereocenters. The van der Waals surface area contributed by atoms with Crippen molar-refractivity contribution in [3.05, 3.63) is 54.2 Å². The summed E-state index contributed by atoms with van der Waals surface area (Å²) in [7, 11) is -3.01. The topological polar surface area (TPSA) is 59.2 Å². The molecule has 1 aromatic heterocycles. The number of benzene rings is 2. The summed E-state index contributed by atoms with van der Waals surface area (Å²) >= 11 is 0. The Bertz CT molecular complexity index is 1100. The summed E-state index contributed by atoms with van der Waals surface area (Å²) in [4.78, 5) is 3.15. The summed E-state index contributed by atoms with van der Waals surface area (Å²) in [6.07, 6.45) is -2.35. The molecule has 0 bridgehead atoms. The van der Waals surface area contributed by atoms with Gasteiger partial charge in [0.15, 0.2) is 9.84 Å². The van der Waals surface area contributed by atoms with Crippen LogP contribution in [0.4, 0.5) is 13.2 Å². The largest absolute Gasteiger partial charge is 0.573 e. The highest BCUT2D eigenvalue weighted by atomic mass is 32.2. The van der Waals surface area contributed by atoms with Crippen LogP contribution in [-0.4, -0.2) is 31.3 Å². The van der Waals surface area contributed by atoms with Crippen molar-refractivity contribution in [2.45, 2.75) is 18.7 Å². The number of aromatic nitrogens is 1. The van der Waals surface area contributed by atoms with E-state index in [-0.39, 0.29) is 23.2 Å². The predicted octanol–water partition coefficient (Wildman–Crippen LogP) is 4.64. The van der Waals surface area contributed by atoms with Crippen LogP contribution in [0, 0.1) is 0 Å². The third-order valence-electron chi connectivity index (χ3n) is 4.79. The lowest BCUT2D eigenvalue weighted by atomic mass is 9.96. The molecule has 8 heteroatoms. The summed E-state index contributed by atoms with van der Waals surface area (Å²) in [5.41, 5.74) is 3.11. The van der Waals surface area contributed by atoms with Gasteiger partial charge >= 0.3 is 6.36 Å². The Morgan fingerprint density at radius 1 is 1.07 bits per heavy atom. The molecule has 0 spiro atoms. The third-order valence-corrected chi connectivity index (χ3v) is 6.55. The van der Waals surface area contributed by atoms with Gasteiger partial charge in [-0.1, -0.05) is 18.2 Å². The smallest absolute Gasteiger partial charge is 0.406 e. The molecule has 1 aliphatic heterocycles. The minimum Gasteiger partial charge on any atom is -0.406 e. The number of hydrogen-bond acceptors (Lipinski definition) is 3. The van der Waals surface area contributed by atoms with Crippen molar-refractivity contribution in [3.8, 4) is 16.9 Å². The van der Waals surface area contributed by atoms with Crippen LogP contribution >= 0.6 is 0 Å². The maximum Gasteiger partial charge on any atom is 0.573 e. The van der Waals surface area contributed by atoms with Crippen molar-refractivity contribution in [1.82, 2.24) is 4.98 Å². The van der Waals surface area contributed by atoms with Crippen molar-refractivity contribution in [2.24, 2.45) is 0 Å². The zero-order valence-electron chi connectivity index (χ0n) is 14.1. The number of sulfone groups is 1. The van der Waals surface area contributed by atoms with E-state index in [1.807, 2.05) is 18.3 Å². The normalized spacial score (nSPS) is 19.4. The Kier molecular flexibility index (Phi) is 4.18. The van der Waals surface area contributed by atoms with Crippen LogP contribution in [0.2, 0.25) is 0 Å². The van der Waals surface area contributed by atoms with Crippen LogP contribution < -0.4 is 4.74 Å². The first-order chi connectivity index (χ1) is 12.7. The van der Waals surface area contributed by atoms with Gasteiger partial charge in [-0.25, -0.2) is 8.42 Å². The zero-order valence-corrected chi connectivity index (χ0v) is 14.9. The van der Waals surface area contributed by atoms with E-state index in [9.17, 15) is 21.6 Å². The number of aromatic amines is 1. The molecular formula is C19H16F3NO3S. The van der Waals surface area contributed by atoms with E-state index in [2.05, 4.69) is 9.72 Å². The second kappa shape index (κ2) is 6.30. The number of ether oxygens (including phenoxy) is 1. The van der Waals surface area contributed by atoms with Crippen LogP contribution in [0.5, 0.6) is 5.75 Å². The van der Waals surface area contributed by atoms with Gasteiger partial charge in [0.2, 0.25) is 0 Å². The average Bonchev–Trinajstić information content (AvgIpc) is 3.15. The quantitative estimate of drug-likeness (QED) is 0.703. The molecule has 1 fully saturated rings. The van der Waals surface area contributed by atoms with Crippen LogP contribution in [0.3, 0.4) is 0 Å². The standard InChI is InChI=1S/C19H16F3NO3S/c20-19(21,22)26-15-3-1-2-12(8-15)13-4-5-18-16(9-13)17(10-23-18)14-6-7-27(24,25)11-14/h1-5,8-10,14,23H,6-7,11H2. The molecule has 0 amide bonds. The Hall–Kier alpha value is -2.48. The first-order valence-electron chi connectivity index (χ1n) is 8.38. The number of alkyl halides is 3. The minimum absolute atomic E-state index is 0.0705. The van der Waals surface area contributed by atoms with Gasteiger partial charge in [0.25, 0.3) is 0 Å². The van der Waals surface area contributed by atoms with E-state index in [0.717, 1.165) is 22.0 Å². The first kappa shape index (κ1) is 17.9. The van der Waals surface area contributed by atoms with E-state index < -0.39 is 16.2 Å². The molecule has 0 radical (unpaired) electrons. The fourth-order valence-corrected chi connectivity index (χ4v) is 5.34. The van der Waals surface area contributed by atoms with Gasteiger partial charge < -0.3 is 9.72 Å². The maximum atomic E-state index is 12.5. The van der Waals surface area contributed by atoms with Crippen LogP contribution in [-0.2, 0) is 9.84 Å². The van der Waals surface area contributed by atoms with Gasteiger partial charge in [0.1, 0.15) is 5.75 Å². The van der Waals surface area contributed by atoms with E-state index in [4.69, 9.17) is 0 Å². The summed E-state index contributed by atoms with van der Waals surface area (Å²) in [6, 6.07) is 11.3. The lowest BCUT2D eigenvalue weighted by Gasteiger charge is -2.11. The molecule has 3 aromatic rings. The van der Waals surface area contributed by atoms with Crippen molar-refractivity contribution in [3.63, 3.8) is 0 Å². The molecule has 4 nitrogen and oxygen atoms in total. The monoisotopic (exact) mass is 395 g/mol. The molecule has 27 heavy (non-hydrogen) atoms. The van der Waals surface area contributed by atoms with Crippen molar-refractivity contribution in [2.75, 3.05) is 11.5 Å². The fraction of sp³-hybridized carbons (Fsp3) is 0.263. The first-order valence-corrected chi connectivity index (χ1v) is 10.2. The van der Waals surface area contributed by atoms with Crippen LogP contribution in [0.1, 0.15) is 17.9 Å². The highest BCUT2D eigenvalue weighted by molar-refractivity contribution is 7.91. The number of nitrogens with one attached hydrogen (secondary N) is 1. The van der Waals surface area contributed by atoms with Crippen LogP contribution in [0.15, 0.2) is 48.7 Å². The Morgan fingerprint density at radius 3 is 2.56 bits per heavy atom. The van der Waals surface area contributed by atoms with E-state index in [1.165, 1.54) is 18.2 Å². The number of H-pyrrole nitrogens is 1. The van der Waals surface area contributed by atoms with Gasteiger partial charge in [-0.05, 0) is 47.4 Å². The SMILES string of the molecule is O=S1(=O)CCC(c2c[nH]c3ccc(-c4cccc(OC(F)(F)F)c4)cc23)C1. The second-order valence-electron chi connectivity index (χ2n) is 6.68. The van der Waals surface area contributed by atoms with Gasteiger partial charge in [0, 0.05) is 23.0 Å². The van der Waals surface area contributed by atoms with E-state index >= 15 is 0 Å². The predicted molar refractivity (Wildman–Crippen MR) is 96.4 cm³/mol. The Balaban J connectivity index is 1.72. The molecule has 4 rings (SSSR count). The van der Waals surface area contributed by atoms with Crippen molar-refractivity contribution < 1.29 is 26.3 Å². The minimum atomic E-state index is -4.75. The maximum absolute atomic E-state index is 12.5. The third kappa shape index (κ3) is 3.80. The van der Waals surface area contributed by atoms with Crippen LogP contribution in [0.25, 0.3) is 22.0 Å². The summed E-state index contributed by atoms with van der Waals surface area (Å²) < 4.78 is 64.9. The van der Waals surface area contributed by atoms with Gasteiger partial charge in [-0.3, -0.25) is 0 Å². The molecule has 1 atom stereocenters. The fourth-order valence-electron chi connectivity index (χ4n) is 3.57. The van der Waals surface area contributed by atoms with E-state index in [0.29, 0.717) is 12.0 Å². The van der Waals surface area contributed by atoms with E-state index in [1.54, 1.807) is 12.1 Å². The molecule has 0 saturated carbocycles. The number of halogens is 3. The molecule has 2 heterocycles. The van der Waals surface area contributed by atoms with Gasteiger partial charge in [-0.2, -0.15) is 0 Å². The highest BCUT2D eigenvalue weighted by Crippen LogP contribution is 2.36. The van der Waals surface area contributed by atoms with Gasteiger partial charge in [-0.15, -0.1) is 13.2 Å². The lowest BCUT2D eigenvalue weighted by Crippen LogP contribution is -2.17. The lowest BCUT2D eigenvalue weighted by molar-refractivity contribution is -0.274. The van der Waals surface area contributed by atoms with Crippen molar-refractivity contribution >= 4 is 20.7 Å². The summed E-state index contributed by atoms with van der Waals surface area (Å²) in [5.74, 6) is -0.0462. The number of fused-ring (bicyclic) bond motifs is 1. The molecule has 0 aliphatic carbocycles. The summed E-state index contributed by atoms with van der Waals surface area (Å²) in [5, 5.41) is 0.886. The summed E-state index contributed by atoms with van der Waals surface area (Å²) in [6.45, 7) is 0. The molecule has 1 N–H and O–H groups in total. The number of rotatable bonds is 3. The Morgan fingerprint density at radius 2 is 1.85 bits per heavy atom.